The largest absolute Gasteiger partial charge is 0.371 e. The molecule has 3 N–H and O–H groups in total. The fourth-order valence-corrected chi connectivity index (χ4v) is 3.76. The minimum Gasteiger partial charge on any atom is -0.371 e. The molecular weight excluding hydrogens is 354 g/mol. The molecule has 4 amide bonds. The molecule has 0 aliphatic carbocycles. The maximum absolute atomic E-state index is 12.2. The number of benzene rings is 2. The normalized spacial score (nSPS) is 15.4. The van der Waals surface area contributed by atoms with Crippen LogP contribution in [-0.2, 0) is 6.42 Å². The maximum atomic E-state index is 12.2. The number of nitrogens with one attached hydrogen (secondary N) is 3. The highest BCUT2D eigenvalue weighted by molar-refractivity contribution is 5.95. The van der Waals surface area contributed by atoms with Gasteiger partial charge in [-0.2, -0.15) is 0 Å². The third-order valence-corrected chi connectivity index (χ3v) is 5.15. The summed E-state index contributed by atoms with van der Waals surface area (Å²) in [6, 6.07) is 15.5. The van der Waals surface area contributed by atoms with Crippen LogP contribution in [0.15, 0.2) is 48.5 Å². The summed E-state index contributed by atoms with van der Waals surface area (Å²) in [6.45, 7) is 3.85. The van der Waals surface area contributed by atoms with Crippen molar-refractivity contribution in [2.24, 2.45) is 0 Å². The minimum atomic E-state index is -0.232. The first-order valence-corrected chi connectivity index (χ1v) is 9.74. The van der Waals surface area contributed by atoms with Crippen molar-refractivity contribution in [1.29, 1.82) is 0 Å². The van der Waals surface area contributed by atoms with Crippen LogP contribution < -0.4 is 25.8 Å². The molecule has 2 aromatic rings. The van der Waals surface area contributed by atoms with E-state index in [9.17, 15) is 9.59 Å². The van der Waals surface area contributed by atoms with E-state index in [1.54, 1.807) is 4.90 Å². The number of anilines is 3. The van der Waals surface area contributed by atoms with Crippen molar-refractivity contribution in [3.63, 3.8) is 0 Å². The second-order valence-corrected chi connectivity index (χ2v) is 7.03. The number of urea groups is 2. The average molecular weight is 379 g/mol. The number of nitrogens with zero attached hydrogens (tertiary/aromatic N) is 2. The molecule has 1 fully saturated rings. The molecule has 7 heteroatoms. The lowest BCUT2D eigenvalue weighted by molar-refractivity contribution is 0.251. The van der Waals surface area contributed by atoms with Gasteiger partial charge in [-0.15, -0.1) is 0 Å². The third-order valence-electron chi connectivity index (χ3n) is 5.15. The highest BCUT2D eigenvalue weighted by Crippen LogP contribution is 2.27. The van der Waals surface area contributed by atoms with E-state index >= 15 is 0 Å². The Labute approximate surface area is 164 Å². The number of rotatable bonds is 6. The van der Waals surface area contributed by atoms with Gasteiger partial charge in [0.25, 0.3) is 0 Å². The van der Waals surface area contributed by atoms with E-state index in [2.05, 4.69) is 45.1 Å². The number of amides is 4. The van der Waals surface area contributed by atoms with Crippen molar-refractivity contribution in [3.8, 4) is 0 Å². The summed E-state index contributed by atoms with van der Waals surface area (Å²) in [5.74, 6) is 0. The Bertz CT molecular complexity index is 869. The van der Waals surface area contributed by atoms with Crippen LogP contribution in [0.1, 0.15) is 12.0 Å². The second kappa shape index (κ2) is 8.21. The van der Waals surface area contributed by atoms with E-state index in [0.29, 0.717) is 25.3 Å². The van der Waals surface area contributed by atoms with Gasteiger partial charge in [0, 0.05) is 49.8 Å². The Hall–Kier alpha value is -3.22. The smallest absolute Gasteiger partial charge is 0.321 e. The van der Waals surface area contributed by atoms with Gasteiger partial charge in [-0.25, -0.2) is 9.59 Å². The van der Waals surface area contributed by atoms with Gasteiger partial charge in [0.2, 0.25) is 0 Å². The first-order chi connectivity index (χ1) is 13.7. The van der Waals surface area contributed by atoms with Gasteiger partial charge in [-0.1, -0.05) is 24.3 Å². The van der Waals surface area contributed by atoms with Crippen LogP contribution >= 0.6 is 0 Å². The Morgan fingerprint density at radius 2 is 2.00 bits per heavy atom. The molecule has 0 atom stereocenters. The highest BCUT2D eigenvalue weighted by Gasteiger charge is 2.21. The summed E-state index contributed by atoms with van der Waals surface area (Å²) in [4.78, 5) is 28.0. The van der Waals surface area contributed by atoms with Gasteiger partial charge in [0.1, 0.15) is 0 Å². The Morgan fingerprint density at radius 3 is 2.86 bits per heavy atom. The maximum Gasteiger partial charge on any atom is 0.321 e. The van der Waals surface area contributed by atoms with E-state index in [0.717, 1.165) is 31.6 Å². The number of hydrogen-bond donors (Lipinski definition) is 3. The van der Waals surface area contributed by atoms with Crippen molar-refractivity contribution in [2.75, 3.05) is 47.8 Å². The summed E-state index contributed by atoms with van der Waals surface area (Å²) in [5, 5.41) is 8.53. The van der Waals surface area contributed by atoms with Crippen molar-refractivity contribution < 1.29 is 9.59 Å². The molecule has 2 aromatic carbocycles. The molecule has 146 valence electrons. The molecule has 2 aliphatic rings. The third kappa shape index (κ3) is 4.03. The number of hydrogen-bond acceptors (Lipinski definition) is 3. The molecule has 7 nitrogen and oxygen atoms in total. The predicted octanol–water partition coefficient (Wildman–Crippen LogP) is 2.79. The quantitative estimate of drug-likeness (QED) is 0.676. The lowest BCUT2D eigenvalue weighted by Crippen LogP contribution is -2.32. The molecule has 0 aromatic heterocycles. The zero-order valence-corrected chi connectivity index (χ0v) is 15.8. The highest BCUT2D eigenvalue weighted by atomic mass is 16.2. The number of fused-ring (bicyclic) bond motifs is 1. The standard InChI is InChI=1S/C21H25N5O2/c27-20(22-10-4-12-25-13-9-16-5-1-2-8-19(16)25)24-17-6-3-7-18(15-17)26-14-11-23-21(26)28/h1-3,5-8,15H,4,9-14H2,(H,23,28)(H2,22,24,27). The molecule has 28 heavy (non-hydrogen) atoms. The van der Waals surface area contributed by atoms with Crippen LogP contribution in [0, 0.1) is 0 Å². The van der Waals surface area contributed by atoms with Crippen LogP contribution in [0.4, 0.5) is 26.7 Å². The molecule has 2 heterocycles. The van der Waals surface area contributed by atoms with Crippen molar-refractivity contribution in [3.05, 3.63) is 54.1 Å². The van der Waals surface area contributed by atoms with Crippen molar-refractivity contribution in [2.45, 2.75) is 12.8 Å². The first kappa shape index (κ1) is 18.2. The molecule has 1 saturated heterocycles. The van der Waals surface area contributed by atoms with Gasteiger partial charge < -0.3 is 20.9 Å². The summed E-state index contributed by atoms with van der Waals surface area (Å²) >= 11 is 0. The zero-order chi connectivity index (χ0) is 19.3. The SMILES string of the molecule is O=C(NCCCN1CCc2ccccc21)Nc1cccc(N2CCNC2=O)c1. The summed E-state index contributed by atoms with van der Waals surface area (Å²) in [7, 11) is 0. The average Bonchev–Trinajstić information content (AvgIpc) is 3.32. The molecule has 0 unspecified atom stereocenters. The van der Waals surface area contributed by atoms with Gasteiger partial charge in [-0.05, 0) is 42.7 Å². The van der Waals surface area contributed by atoms with Crippen LogP contribution in [0.3, 0.4) is 0 Å². The summed E-state index contributed by atoms with van der Waals surface area (Å²) in [5.41, 5.74) is 4.16. The van der Waals surface area contributed by atoms with Gasteiger partial charge in [-0.3, -0.25) is 4.90 Å². The summed E-state index contributed by atoms with van der Waals surface area (Å²) < 4.78 is 0. The Balaban J connectivity index is 1.23. The summed E-state index contributed by atoms with van der Waals surface area (Å²) in [6.07, 6.45) is 1.98. The molecule has 2 aliphatic heterocycles. The molecule has 0 saturated carbocycles. The molecular formula is C21H25N5O2. The monoisotopic (exact) mass is 379 g/mol. The number of carbonyl (C=O) groups excluding carboxylic acids is 2. The zero-order valence-electron chi connectivity index (χ0n) is 15.8. The fraction of sp³-hybridized carbons (Fsp3) is 0.333. The molecule has 4 rings (SSSR count). The Morgan fingerprint density at radius 1 is 1.11 bits per heavy atom. The lowest BCUT2D eigenvalue weighted by atomic mass is 10.2. The van der Waals surface area contributed by atoms with E-state index < -0.39 is 0 Å². The van der Waals surface area contributed by atoms with Crippen molar-refractivity contribution >= 4 is 29.1 Å². The fourth-order valence-electron chi connectivity index (χ4n) is 3.76. The van der Waals surface area contributed by atoms with E-state index in [-0.39, 0.29) is 12.1 Å². The predicted molar refractivity (Wildman–Crippen MR) is 111 cm³/mol. The number of carbonyl (C=O) groups is 2. The van der Waals surface area contributed by atoms with Gasteiger partial charge >= 0.3 is 12.1 Å². The van der Waals surface area contributed by atoms with Crippen LogP contribution in [0.5, 0.6) is 0 Å². The molecule has 0 radical (unpaired) electrons. The van der Waals surface area contributed by atoms with Crippen LogP contribution in [0.25, 0.3) is 0 Å². The van der Waals surface area contributed by atoms with E-state index in [1.165, 1.54) is 11.3 Å². The minimum absolute atomic E-state index is 0.106. The topological polar surface area (TPSA) is 76.7 Å². The molecule has 0 spiro atoms. The lowest BCUT2D eigenvalue weighted by Gasteiger charge is -2.19. The van der Waals surface area contributed by atoms with Gasteiger partial charge in [0.05, 0.1) is 0 Å². The van der Waals surface area contributed by atoms with Crippen LogP contribution in [0.2, 0.25) is 0 Å². The molecule has 0 bridgehead atoms. The van der Waals surface area contributed by atoms with E-state index in [4.69, 9.17) is 0 Å². The van der Waals surface area contributed by atoms with Crippen LogP contribution in [-0.4, -0.2) is 44.8 Å². The second-order valence-electron chi connectivity index (χ2n) is 7.03. The van der Waals surface area contributed by atoms with Crippen molar-refractivity contribution in [1.82, 2.24) is 10.6 Å². The van der Waals surface area contributed by atoms with E-state index in [1.807, 2.05) is 24.3 Å². The first-order valence-electron chi connectivity index (χ1n) is 9.74. The number of para-hydroxylation sites is 1. The Kier molecular flexibility index (Phi) is 5.32. The van der Waals surface area contributed by atoms with Gasteiger partial charge in [0.15, 0.2) is 0 Å².